The predicted octanol–water partition coefficient (Wildman–Crippen LogP) is 3.28. The van der Waals surface area contributed by atoms with Crippen LogP contribution in [-0.4, -0.2) is 38.7 Å². The van der Waals surface area contributed by atoms with Gasteiger partial charge in [-0.1, -0.05) is 12.1 Å². The molecule has 1 aromatic rings. The van der Waals surface area contributed by atoms with Gasteiger partial charge in [0.05, 0.1) is 25.7 Å². The molecule has 132 valence electrons. The third-order valence-corrected chi connectivity index (χ3v) is 4.66. The van der Waals surface area contributed by atoms with Gasteiger partial charge in [0.15, 0.2) is 6.29 Å². The van der Waals surface area contributed by atoms with E-state index in [2.05, 4.69) is 0 Å². The Kier molecular flexibility index (Phi) is 6.10. The number of carbonyl (C=O) groups is 1. The van der Waals surface area contributed by atoms with Crippen LogP contribution in [0.15, 0.2) is 24.3 Å². The van der Waals surface area contributed by atoms with Crippen molar-refractivity contribution in [2.45, 2.75) is 44.8 Å². The molecule has 3 rings (SSSR count). The maximum atomic E-state index is 12.2. The summed E-state index contributed by atoms with van der Waals surface area (Å²) in [6.07, 6.45) is 3.88. The second-order valence-corrected chi connectivity index (χ2v) is 6.31. The first-order valence-corrected chi connectivity index (χ1v) is 8.90. The Labute approximate surface area is 143 Å². The summed E-state index contributed by atoms with van der Waals surface area (Å²) in [5.41, 5.74) is 1.13. The molecule has 3 unspecified atom stereocenters. The highest BCUT2D eigenvalue weighted by atomic mass is 16.7. The minimum atomic E-state index is -0.229. The Bertz CT molecular complexity index is 521. The van der Waals surface area contributed by atoms with Crippen molar-refractivity contribution >= 4 is 5.97 Å². The van der Waals surface area contributed by atoms with Gasteiger partial charge in [-0.05, 0) is 43.9 Å². The summed E-state index contributed by atoms with van der Waals surface area (Å²) in [6, 6.07) is 8.01. The zero-order valence-corrected chi connectivity index (χ0v) is 14.2. The molecule has 0 saturated carbocycles. The summed E-state index contributed by atoms with van der Waals surface area (Å²) in [5.74, 6) is 0.549. The Morgan fingerprint density at radius 1 is 1.17 bits per heavy atom. The first-order chi connectivity index (χ1) is 11.8. The van der Waals surface area contributed by atoms with Gasteiger partial charge >= 0.3 is 5.97 Å². The van der Waals surface area contributed by atoms with Crippen LogP contribution in [0.25, 0.3) is 0 Å². The highest BCUT2D eigenvalue weighted by molar-refractivity contribution is 5.74. The molecule has 0 spiro atoms. The second kappa shape index (κ2) is 8.49. The lowest BCUT2D eigenvalue weighted by molar-refractivity contribution is -0.153. The summed E-state index contributed by atoms with van der Waals surface area (Å²) >= 11 is 0. The average molecular weight is 334 g/mol. The Balaban J connectivity index is 1.65. The van der Waals surface area contributed by atoms with Gasteiger partial charge in [-0.15, -0.1) is 0 Å². The largest absolute Gasteiger partial charge is 0.466 e. The lowest BCUT2D eigenvalue weighted by Gasteiger charge is -2.30. The molecule has 2 fully saturated rings. The van der Waals surface area contributed by atoms with E-state index in [1.54, 1.807) is 0 Å². The number of esters is 1. The SMILES string of the molecule is CCOC(=O)C1COCCC1c1ccc(OC2CCCCO2)cc1. The van der Waals surface area contributed by atoms with Crippen LogP contribution in [0.5, 0.6) is 5.75 Å². The lowest BCUT2D eigenvalue weighted by Crippen LogP contribution is -2.33. The van der Waals surface area contributed by atoms with Crippen molar-refractivity contribution < 1.29 is 23.7 Å². The van der Waals surface area contributed by atoms with Crippen molar-refractivity contribution in [3.63, 3.8) is 0 Å². The Hall–Kier alpha value is -1.59. The quantitative estimate of drug-likeness (QED) is 0.774. The van der Waals surface area contributed by atoms with E-state index in [4.69, 9.17) is 18.9 Å². The van der Waals surface area contributed by atoms with Crippen LogP contribution < -0.4 is 4.74 Å². The van der Waals surface area contributed by atoms with Crippen molar-refractivity contribution in [3.8, 4) is 5.75 Å². The van der Waals surface area contributed by atoms with Crippen molar-refractivity contribution in [1.29, 1.82) is 0 Å². The summed E-state index contributed by atoms with van der Waals surface area (Å²) in [7, 11) is 0. The highest BCUT2D eigenvalue weighted by Gasteiger charge is 2.33. The van der Waals surface area contributed by atoms with Crippen molar-refractivity contribution in [2.75, 3.05) is 26.4 Å². The molecule has 0 bridgehead atoms. The number of benzene rings is 1. The van der Waals surface area contributed by atoms with Crippen LogP contribution in [0.1, 0.15) is 44.1 Å². The molecule has 2 aliphatic heterocycles. The van der Waals surface area contributed by atoms with Gasteiger partial charge in [0.2, 0.25) is 0 Å². The van der Waals surface area contributed by atoms with Gasteiger partial charge in [-0.3, -0.25) is 4.79 Å². The zero-order valence-electron chi connectivity index (χ0n) is 14.2. The van der Waals surface area contributed by atoms with Crippen molar-refractivity contribution in [2.24, 2.45) is 5.92 Å². The summed E-state index contributed by atoms with van der Waals surface area (Å²) in [4.78, 5) is 12.2. The van der Waals surface area contributed by atoms with E-state index in [1.165, 1.54) is 0 Å². The number of rotatable bonds is 5. The third-order valence-electron chi connectivity index (χ3n) is 4.66. The smallest absolute Gasteiger partial charge is 0.311 e. The van der Waals surface area contributed by atoms with Gasteiger partial charge < -0.3 is 18.9 Å². The first-order valence-electron chi connectivity index (χ1n) is 8.90. The molecule has 5 nitrogen and oxygen atoms in total. The molecule has 2 aliphatic rings. The first kappa shape index (κ1) is 17.2. The summed E-state index contributed by atoms with van der Waals surface area (Å²) in [5, 5.41) is 0. The fourth-order valence-electron chi connectivity index (χ4n) is 3.37. The fraction of sp³-hybridized carbons (Fsp3) is 0.632. The molecule has 2 saturated heterocycles. The third kappa shape index (κ3) is 4.28. The number of hydrogen-bond donors (Lipinski definition) is 0. The van der Waals surface area contributed by atoms with Gasteiger partial charge in [0, 0.05) is 18.9 Å². The van der Waals surface area contributed by atoms with Crippen LogP contribution in [0.3, 0.4) is 0 Å². The van der Waals surface area contributed by atoms with Gasteiger partial charge in [0.1, 0.15) is 5.75 Å². The summed E-state index contributed by atoms with van der Waals surface area (Å²) in [6.45, 7) is 4.10. The van der Waals surface area contributed by atoms with Crippen molar-refractivity contribution in [1.82, 2.24) is 0 Å². The lowest BCUT2D eigenvalue weighted by atomic mass is 9.82. The van der Waals surface area contributed by atoms with E-state index in [-0.39, 0.29) is 24.1 Å². The van der Waals surface area contributed by atoms with Crippen molar-refractivity contribution in [3.05, 3.63) is 29.8 Å². The van der Waals surface area contributed by atoms with Crippen LogP contribution in [-0.2, 0) is 19.0 Å². The predicted molar refractivity (Wildman–Crippen MR) is 89.0 cm³/mol. The molecule has 5 heteroatoms. The van der Waals surface area contributed by atoms with Crippen LogP contribution in [0.4, 0.5) is 0 Å². The minimum absolute atomic E-state index is 0.137. The number of ether oxygens (including phenoxy) is 4. The van der Waals surface area contributed by atoms with E-state index >= 15 is 0 Å². The molecule has 0 aromatic heterocycles. The standard InChI is InChI=1S/C19H26O5/c1-2-22-19(20)17-13-21-12-10-16(17)14-6-8-15(9-7-14)24-18-5-3-4-11-23-18/h6-9,16-18H,2-5,10-13H2,1H3. The van der Waals surface area contributed by atoms with Crippen LogP contribution in [0, 0.1) is 5.92 Å². The maximum Gasteiger partial charge on any atom is 0.311 e. The molecule has 0 amide bonds. The molecule has 0 N–H and O–H groups in total. The maximum absolute atomic E-state index is 12.2. The summed E-state index contributed by atoms with van der Waals surface area (Å²) < 4.78 is 22.2. The minimum Gasteiger partial charge on any atom is -0.466 e. The second-order valence-electron chi connectivity index (χ2n) is 6.31. The molecular formula is C19H26O5. The Morgan fingerprint density at radius 3 is 2.71 bits per heavy atom. The molecule has 3 atom stereocenters. The molecule has 1 aromatic carbocycles. The van der Waals surface area contributed by atoms with E-state index < -0.39 is 0 Å². The number of hydrogen-bond acceptors (Lipinski definition) is 5. The zero-order chi connectivity index (χ0) is 16.8. The molecule has 2 heterocycles. The van der Waals surface area contributed by atoms with E-state index in [0.29, 0.717) is 19.8 Å². The topological polar surface area (TPSA) is 54.0 Å². The average Bonchev–Trinajstić information content (AvgIpc) is 2.63. The Morgan fingerprint density at radius 2 is 2.00 bits per heavy atom. The molecular weight excluding hydrogens is 308 g/mol. The van der Waals surface area contributed by atoms with E-state index in [1.807, 2.05) is 31.2 Å². The number of carbonyl (C=O) groups excluding carboxylic acids is 1. The van der Waals surface area contributed by atoms with Gasteiger partial charge in [-0.2, -0.15) is 0 Å². The van der Waals surface area contributed by atoms with E-state index in [0.717, 1.165) is 43.6 Å². The molecule has 0 radical (unpaired) electrons. The normalized spacial score (nSPS) is 27.5. The van der Waals surface area contributed by atoms with Crippen LogP contribution in [0.2, 0.25) is 0 Å². The molecule has 24 heavy (non-hydrogen) atoms. The monoisotopic (exact) mass is 334 g/mol. The molecule has 0 aliphatic carbocycles. The highest BCUT2D eigenvalue weighted by Crippen LogP contribution is 2.34. The van der Waals surface area contributed by atoms with Crippen LogP contribution >= 0.6 is 0 Å². The van der Waals surface area contributed by atoms with Gasteiger partial charge in [-0.25, -0.2) is 0 Å². The van der Waals surface area contributed by atoms with Gasteiger partial charge in [0.25, 0.3) is 0 Å². The fourth-order valence-corrected chi connectivity index (χ4v) is 3.37. The van der Waals surface area contributed by atoms with E-state index in [9.17, 15) is 4.79 Å².